The molecule has 7 nitrogen and oxygen atoms in total. The van der Waals surface area contributed by atoms with E-state index < -0.39 is 0 Å². The fraction of sp³-hybridized carbons (Fsp3) is 0.733. The van der Waals surface area contributed by atoms with Gasteiger partial charge in [0.2, 0.25) is 5.91 Å². The maximum Gasteiger partial charge on any atom is 0.239 e. The molecule has 1 atom stereocenters. The van der Waals surface area contributed by atoms with Crippen molar-refractivity contribution >= 4 is 11.7 Å². The van der Waals surface area contributed by atoms with Gasteiger partial charge in [-0.2, -0.15) is 5.10 Å². The number of nitrogens with zero attached hydrogens (tertiary/aromatic N) is 4. The van der Waals surface area contributed by atoms with E-state index in [9.17, 15) is 9.90 Å². The number of hydrogen-bond acceptors (Lipinski definition) is 5. The number of amides is 1. The second-order valence-corrected chi connectivity index (χ2v) is 5.90. The Hall–Kier alpha value is -1.44. The molecule has 0 aromatic carbocycles. The molecule has 0 radical (unpaired) electrons. The minimum absolute atomic E-state index is 0.00866. The summed E-state index contributed by atoms with van der Waals surface area (Å²) in [5.74, 6) is 0.720. The largest absolute Gasteiger partial charge is 0.395 e. The van der Waals surface area contributed by atoms with Crippen molar-refractivity contribution in [3.63, 3.8) is 0 Å². The van der Waals surface area contributed by atoms with Crippen LogP contribution in [0.2, 0.25) is 0 Å². The van der Waals surface area contributed by atoms with Gasteiger partial charge in [-0.25, -0.2) is 0 Å². The molecule has 1 aliphatic heterocycles. The third-order valence-corrected chi connectivity index (χ3v) is 4.24. The molecule has 1 saturated heterocycles. The van der Waals surface area contributed by atoms with Gasteiger partial charge >= 0.3 is 0 Å². The van der Waals surface area contributed by atoms with Gasteiger partial charge in [0.1, 0.15) is 5.82 Å². The van der Waals surface area contributed by atoms with E-state index in [1.54, 1.807) is 4.68 Å². The number of rotatable bonds is 6. The van der Waals surface area contributed by atoms with Crippen LogP contribution in [-0.2, 0) is 11.8 Å². The molecule has 0 saturated carbocycles. The second-order valence-electron chi connectivity index (χ2n) is 5.90. The summed E-state index contributed by atoms with van der Waals surface area (Å²) in [6, 6.07) is 2.11. The Labute approximate surface area is 131 Å². The molecule has 1 amide bonds. The number of carbonyl (C=O) groups is 1. The van der Waals surface area contributed by atoms with E-state index in [-0.39, 0.29) is 18.6 Å². The van der Waals surface area contributed by atoms with Gasteiger partial charge in [-0.3, -0.25) is 19.3 Å². The van der Waals surface area contributed by atoms with Crippen LogP contribution in [0.5, 0.6) is 0 Å². The van der Waals surface area contributed by atoms with Crippen LogP contribution in [0.25, 0.3) is 0 Å². The quantitative estimate of drug-likeness (QED) is 0.777. The number of hydrogen-bond donors (Lipinski definition) is 2. The average Bonchev–Trinajstić information content (AvgIpc) is 2.79. The van der Waals surface area contributed by atoms with Crippen LogP contribution in [0.1, 0.15) is 19.0 Å². The monoisotopic (exact) mass is 309 g/mol. The highest BCUT2D eigenvalue weighted by Gasteiger charge is 2.23. The smallest absolute Gasteiger partial charge is 0.239 e. The van der Waals surface area contributed by atoms with E-state index in [4.69, 9.17) is 0 Å². The lowest BCUT2D eigenvalue weighted by Crippen LogP contribution is -2.52. The van der Waals surface area contributed by atoms with Gasteiger partial charge in [-0.1, -0.05) is 6.92 Å². The number of piperazine rings is 1. The van der Waals surface area contributed by atoms with Crippen molar-refractivity contribution in [2.45, 2.75) is 26.3 Å². The molecule has 2 rings (SSSR count). The minimum Gasteiger partial charge on any atom is -0.395 e. The first-order valence-corrected chi connectivity index (χ1v) is 7.91. The van der Waals surface area contributed by atoms with Crippen molar-refractivity contribution in [2.75, 3.05) is 44.6 Å². The number of nitrogens with one attached hydrogen (secondary N) is 1. The molecule has 22 heavy (non-hydrogen) atoms. The SMILES string of the molecule is CCC(CO)N1CCN(CC(=O)Nc2cc(C)nn2C)CC1. The molecule has 0 spiro atoms. The summed E-state index contributed by atoms with van der Waals surface area (Å²) in [5.41, 5.74) is 0.890. The van der Waals surface area contributed by atoms with Crippen LogP contribution in [-0.4, -0.2) is 76.0 Å². The Morgan fingerprint density at radius 1 is 1.41 bits per heavy atom. The molecular weight excluding hydrogens is 282 g/mol. The van der Waals surface area contributed by atoms with Crippen LogP contribution in [0.4, 0.5) is 5.82 Å². The first-order chi connectivity index (χ1) is 10.5. The number of anilines is 1. The minimum atomic E-state index is -0.00866. The summed E-state index contributed by atoms with van der Waals surface area (Å²) < 4.78 is 1.68. The third-order valence-electron chi connectivity index (χ3n) is 4.24. The summed E-state index contributed by atoms with van der Waals surface area (Å²) in [6.07, 6.45) is 0.955. The van der Waals surface area contributed by atoms with Gasteiger partial charge in [-0.15, -0.1) is 0 Å². The van der Waals surface area contributed by atoms with Crippen LogP contribution in [0.15, 0.2) is 6.07 Å². The average molecular weight is 309 g/mol. The highest BCUT2D eigenvalue weighted by Crippen LogP contribution is 2.10. The van der Waals surface area contributed by atoms with Crippen LogP contribution >= 0.6 is 0 Å². The summed E-state index contributed by atoms with van der Waals surface area (Å²) in [6.45, 7) is 8.11. The zero-order valence-electron chi connectivity index (χ0n) is 13.7. The summed E-state index contributed by atoms with van der Waals surface area (Å²) in [7, 11) is 1.82. The summed E-state index contributed by atoms with van der Waals surface area (Å²) >= 11 is 0. The van der Waals surface area contributed by atoms with Crippen LogP contribution in [0.3, 0.4) is 0 Å². The van der Waals surface area contributed by atoms with Crippen molar-refractivity contribution in [1.82, 2.24) is 19.6 Å². The van der Waals surface area contributed by atoms with Gasteiger partial charge in [0, 0.05) is 45.3 Å². The molecule has 1 aliphatic rings. The normalized spacial score (nSPS) is 18.4. The molecule has 2 heterocycles. The molecule has 124 valence electrons. The molecule has 2 N–H and O–H groups in total. The van der Waals surface area contributed by atoms with Crippen molar-refractivity contribution in [3.8, 4) is 0 Å². The highest BCUT2D eigenvalue weighted by molar-refractivity contribution is 5.91. The highest BCUT2D eigenvalue weighted by atomic mass is 16.3. The summed E-state index contributed by atoms with van der Waals surface area (Å²) in [5, 5.41) is 16.5. The zero-order valence-corrected chi connectivity index (χ0v) is 13.7. The van der Waals surface area contributed by atoms with E-state index in [0.29, 0.717) is 6.54 Å². The van der Waals surface area contributed by atoms with Crippen molar-refractivity contribution in [2.24, 2.45) is 7.05 Å². The molecule has 7 heteroatoms. The zero-order chi connectivity index (χ0) is 16.1. The van der Waals surface area contributed by atoms with Gasteiger partial charge in [0.05, 0.1) is 18.8 Å². The van der Waals surface area contributed by atoms with E-state index in [2.05, 4.69) is 27.1 Å². The lowest BCUT2D eigenvalue weighted by atomic mass is 10.1. The fourth-order valence-electron chi connectivity index (χ4n) is 2.90. The fourth-order valence-corrected chi connectivity index (χ4v) is 2.90. The van der Waals surface area contributed by atoms with Gasteiger partial charge in [-0.05, 0) is 13.3 Å². The van der Waals surface area contributed by atoms with E-state index in [1.165, 1.54) is 0 Å². The number of aliphatic hydroxyl groups excluding tert-OH is 1. The number of aromatic nitrogens is 2. The van der Waals surface area contributed by atoms with Crippen LogP contribution < -0.4 is 5.32 Å². The first kappa shape index (κ1) is 16.9. The van der Waals surface area contributed by atoms with E-state index >= 15 is 0 Å². The Morgan fingerprint density at radius 3 is 2.59 bits per heavy atom. The van der Waals surface area contributed by atoms with Gasteiger partial charge < -0.3 is 10.4 Å². The third kappa shape index (κ3) is 4.28. The second kappa shape index (κ2) is 7.71. The van der Waals surface area contributed by atoms with E-state index in [1.807, 2.05) is 20.0 Å². The number of aliphatic hydroxyl groups is 1. The predicted molar refractivity (Wildman–Crippen MR) is 85.8 cm³/mol. The maximum absolute atomic E-state index is 12.1. The standard InChI is InChI=1S/C15H27N5O2/c1-4-13(11-21)20-7-5-19(6-8-20)10-15(22)16-14-9-12(2)17-18(14)3/h9,13,21H,4-8,10-11H2,1-3H3,(H,16,22). The Bertz CT molecular complexity index is 490. The van der Waals surface area contributed by atoms with Crippen molar-refractivity contribution in [3.05, 3.63) is 11.8 Å². The molecule has 1 fully saturated rings. The molecule has 1 unspecified atom stereocenters. The number of aryl methyl sites for hydroxylation is 2. The molecule has 0 bridgehead atoms. The molecular formula is C15H27N5O2. The van der Waals surface area contributed by atoms with Crippen LogP contribution in [0, 0.1) is 6.92 Å². The number of carbonyl (C=O) groups excluding carboxylic acids is 1. The van der Waals surface area contributed by atoms with Crippen molar-refractivity contribution < 1.29 is 9.90 Å². The topological polar surface area (TPSA) is 73.6 Å². The molecule has 1 aromatic rings. The lowest BCUT2D eigenvalue weighted by molar-refractivity contribution is -0.117. The molecule has 0 aliphatic carbocycles. The molecule has 1 aromatic heterocycles. The Balaban J connectivity index is 1.78. The maximum atomic E-state index is 12.1. The summed E-state index contributed by atoms with van der Waals surface area (Å²) in [4.78, 5) is 16.6. The van der Waals surface area contributed by atoms with Crippen molar-refractivity contribution in [1.29, 1.82) is 0 Å². The Kier molecular flexibility index (Phi) is 5.93. The van der Waals surface area contributed by atoms with Gasteiger partial charge in [0.25, 0.3) is 0 Å². The first-order valence-electron chi connectivity index (χ1n) is 7.91. The predicted octanol–water partition coefficient (Wildman–Crippen LogP) is 0.0555. The lowest BCUT2D eigenvalue weighted by Gasteiger charge is -2.38. The van der Waals surface area contributed by atoms with Gasteiger partial charge in [0.15, 0.2) is 0 Å². The van der Waals surface area contributed by atoms with E-state index in [0.717, 1.165) is 44.1 Å². The Morgan fingerprint density at radius 2 is 2.09 bits per heavy atom.